The molecule has 0 fully saturated rings. The third-order valence-electron chi connectivity index (χ3n) is 4.40. The largest absolute Gasteiger partial charge is 0.376 e. The van der Waals surface area contributed by atoms with Crippen LogP contribution in [0.2, 0.25) is 0 Å². The molecule has 0 saturated heterocycles. The van der Waals surface area contributed by atoms with E-state index in [0.717, 1.165) is 0 Å². The first-order valence-electron chi connectivity index (χ1n) is 11.9. The number of aryl methyl sites for hydroxylation is 3. The van der Waals surface area contributed by atoms with E-state index in [4.69, 9.17) is 13.6 Å². The third-order valence-corrected chi connectivity index (χ3v) is 8.71. The molecule has 12 nitrogen and oxygen atoms in total. The topological polar surface area (TPSA) is 178 Å². The molecular weight excluding hydrogens is 619 g/mol. The van der Waals surface area contributed by atoms with Gasteiger partial charge in [0, 0.05) is 34.4 Å². The first-order chi connectivity index (χ1) is 18.2. The third kappa shape index (κ3) is 13.4. The summed E-state index contributed by atoms with van der Waals surface area (Å²) in [6.45, 7) is 10.9. The minimum absolute atomic E-state index is 0. The van der Waals surface area contributed by atoms with Crippen LogP contribution in [0.5, 0.6) is 0 Å². The van der Waals surface area contributed by atoms with Gasteiger partial charge in [-0.05, 0) is 77.9 Å². The van der Waals surface area contributed by atoms with Crippen molar-refractivity contribution in [2.24, 2.45) is 0 Å². The van der Waals surface area contributed by atoms with Crippen LogP contribution in [0.25, 0.3) is 0 Å². The molecule has 3 atom stereocenters. The predicted octanol–water partition coefficient (Wildman–Crippen LogP) is 3.71. The molecular formula is C24H36CrN3O9P3. The van der Waals surface area contributed by atoms with Gasteiger partial charge < -0.3 is 28.3 Å². The zero-order valence-electron chi connectivity index (χ0n) is 23.2. The van der Waals surface area contributed by atoms with Crippen molar-refractivity contribution < 1.29 is 59.3 Å². The van der Waals surface area contributed by atoms with Crippen LogP contribution in [0.15, 0.2) is 54.6 Å². The minimum Gasteiger partial charge on any atom is -0.320 e. The molecule has 40 heavy (non-hydrogen) atoms. The van der Waals surface area contributed by atoms with Crippen molar-refractivity contribution in [2.75, 3.05) is 19.8 Å². The van der Waals surface area contributed by atoms with Crippen molar-refractivity contribution in [3.05, 3.63) is 71.7 Å². The van der Waals surface area contributed by atoms with E-state index in [9.17, 15) is 28.4 Å². The normalized spacial score (nSPS) is 14.9. The Morgan fingerprint density at radius 1 is 0.550 bits per heavy atom. The number of hydrogen-bond acceptors (Lipinski definition) is 9. The molecule has 0 saturated carbocycles. The van der Waals surface area contributed by atoms with E-state index in [-0.39, 0.29) is 53.5 Å². The number of pyridine rings is 3. The number of hydrogen-bond donors (Lipinski definition) is 3. The molecule has 0 radical (unpaired) electrons. The van der Waals surface area contributed by atoms with Gasteiger partial charge in [-0.1, -0.05) is 18.2 Å². The number of rotatable bonds is 9. The molecule has 3 heterocycles. The van der Waals surface area contributed by atoms with Crippen LogP contribution < -0.4 is 16.3 Å². The smallest absolute Gasteiger partial charge is 0.320 e. The fraction of sp³-hybridized carbons (Fsp3) is 0.375. The summed E-state index contributed by atoms with van der Waals surface area (Å²) in [6, 6.07) is 14.8. The Kier molecular flexibility index (Phi) is 17.4. The van der Waals surface area contributed by atoms with Gasteiger partial charge in [0.05, 0.1) is 19.8 Å². The van der Waals surface area contributed by atoms with Crippen molar-refractivity contribution in [1.82, 2.24) is 15.0 Å². The molecule has 0 aliphatic carbocycles. The molecule has 3 aromatic rings. The van der Waals surface area contributed by atoms with E-state index in [1.54, 1.807) is 77.9 Å². The molecule has 3 N–H and O–H groups in total. The fourth-order valence-corrected chi connectivity index (χ4v) is 5.90. The Bertz CT molecular complexity index is 1190. The van der Waals surface area contributed by atoms with E-state index >= 15 is 0 Å². The Balaban J connectivity index is 0.000000563. The van der Waals surface area contributed by atoms with Crippen LogP contribution in [0.1, 0.15) is 37.9 Å². The van der Waals surface area contributed by atoms with Crippen molar-refractivity contribution in [1.29, 1.82) is 0 Å². The SMILES string of the molecule is CCOP(=O)(O)c1cccc(C)n1.CCOP(=O)(O)c1cccc(C)n1.CCOP(=O)(O)c1cccc(C)n1.[Cr]. The predicted molar refractivity (Wildman–Crippen MR) is 150 cm³/mol. The van der Waals surface area contributed by atoms with Gasteiger partial charge in [0.15, 0.2) is 16.3 Å². The molecule has 0 aliphatic rings. The Hall–Kier alpha value is -1.57. The van der Waals surface area contributed by atoms with Gasteiger partial charge in [-0.15, -0.1) is 0 Å². The molecule has 0 bridgehead atoms. The molecule has 222 valence electrons. The quantitative estimate of drug-likeness (QED) is 0.285. The minimum atomic E-state index is -3.68. The van der Waals surface area contributed by atoms with Crippen molar-refractivity contribution >= 4 is 39.1 Å². The summed E-state index contributed by atoms with van der Waals surface area (Å²) in [5.41, 5.74) is 2.42. The van der Waals surface area contributed by atoms with Crippen LogP contribution in [0.3, 0.4) is 0 Å². The van der Waals surface area contributed by atoms with Gasteiger partial charge in [0.25, 0.3) is 0 Å². The van der Waals surface area contributed by atoms with Crippen LogP contribution in [0.4, 0.5) is 0 Å². The summed E-state index contributed by atoms with van der Waals surface area (Å²) in [5, 5.41) is 0. The Morgan fingerprint density at radius 3 is 0.950 bits per heavy atom. The van der Waals surface area contributed by atoms with Crippen molar-refractivity contribution in [3.63, 3.8) is 0 Å². The van der Waals surface area contributed by atoms with Crippen molar-refractivity contribution in [2.45, 2.75) is 41.5 Å². The molecule has 0 aromatic carbocycles. The van der Waals surface area contributed by atoms with Crippen LogP contribution in [-0.2, 0) is 44.6 Å². The standard InChI is InChI=1S/3C8H12NO3P.Cr/c3*1-3-12-13(10,11)8-6-4-5-7(2)9-8;/h3*4-6H,3H2,1-2H3,(H,10,11);. The fourth-order valence-electron chi connectivity index (χ4n) is 2.78. The second-order valence-electron chi connectivity index (χ2n) is 7.73. The summed E-state index contributed by atoms with van der Waals surface area (Å²) in [6.07, 6.45) is 0. The van der Waals surface area contributed by atoms with E-state index < -0.39 is 22.8 Å². The zero-order valence-corrected chi connectivity index (χ0v) is 27.2. The maximum absolute atomic E-state index is 11.4. The maximum atomic E-state index is 11.4. The number of aromatic nitrogens is 3. The second kappa shape index (κ2) is 18.1. The molecule has 0 amide bonds. The zero-order chi connectivity index (χ0) is 29.7. The molecule has 16 heteroatoms. The summed E-state index contributed by atoms with van der Waals surface area (Å²) in [5.74, 6) is 0. The van der Waals surface area contributed by atoms with Gasteiger partial charge >= 0.3 is 22.8 Å². The second-order valence-corrected chi connectivity index (χ2v) is 13.0. The van der Waals surface area contributed by atoms with Gasteiger partial charge in [-0.2, -0.15) is 0 Å². The molecule has 0 spiro atoms. The van der Waals surface area contributed by atoms with Gasteiger partial charge in [-0.3, -0.25) is 13.7 Å². The first-order valence-corrected chi connectivity index (χ1v) is 16.7. The first kappa shape index (κ1) is 38.4. The van der Waals surface area contributed by atoms with Crippen LogP contribution >= 0.6 is 22.8 Å². The summed E-state index contributed by atoms with van der Waals surface area (Å²) < 4.78 is 48.5. The summed E-state index contributed by atoms with van der Waals surface area (Å²) in [4.78, 5) is 39.9. The van der Waals surface area contributed by atoms with Gasteiger partial charge in [0.2, 0.25) is 0 Å². The van der Waals surface area contributed by atoms with E-state index in [1.807, 2.05) is 0 Å². The molecule has 3 unspecified atom stereocenters. The Labute approximate surface area is 245 Å². The maximum Gasteiger partial charge on any atom is 0.376 e. The molecule has 3 rings (SSSR count). The summed E-state index contributed by atoms with van der Waals surface area (Å²) in [7, 11) is -11.0. The van der Waals surface area contributed by atoms with Gasteiger partial charge in [-0.25, -0.2) is 15.0 Å². The average molecular weight is 655 g/mol. The van der Waals surface area contributed by atoms with Crippen LogP contribution in [-0.4, -0.2) is 49.5 Å². The summed E-state index contributed by atoms with van der Waals surface area (Å²) >= 11 is 0. The van der Waals surface area contributed by atoms with E-state index in [1.165, 1.54) is 18.2 Å². The Morgan fingerprint density at radius 2 is 0.775 bits per heavy atom. The average Bonchev–Trinajstić information content (AvgIpc) is 2.85. The van der Waals surface area contributed by atoms with Crippen LogP contribution in [0, 0.1) is 20.8 Å². The molecule has 3 aromatic heterocycles. The van der Waals surface area contributed by atoms with Crippen molar-refractivity contribution in [3.8, 4) is 0 Å². The van der Waals surface area contributed by atoms with Gasteiger partial charge in [0.1, 0.15) is 0 Å². The van der Waals surface area contributed by atoms with E-state index in [2.05, 4.69) is 15.0 Å². The molecule has 0 aliphatic heterocycles. The van der Waals surface area contributed by atoms with E-state index in [0.29, 0.717) is 17.1 Å². The monoisotopic (exact) mass is 655 g/mol. The number of nitrogens with zero attached hydrogens (tertiary/aromatic N) is 3.